The lowest BCUT2D eigenvalue weighted by molar-refractivity contribution is -0.286. The third-order valence-electron chi connectivity index (χ3n) is 2.82. The van der Waals surface area contributed by atoms with E-state index in [1.165, 1.54) is 0 Å². The largest absolute Gasteiger partial charge is 0.390 e. The molecule has 1 fully saturated rings. The van der Waals surface area contributed by atoms with Gasteiger partial charge in [-0.1, -0.05) is 13.8 Å². The topological polar surface area (TPSA) is 58.9 Å². The zero-order chi connectivity index (χ0) is 11.6. The highest BCUT2D eigenvalue weighted by atomic mass is 16.7. The molecule has 0 bridgehead atoms. The Morgan fingerprint density at radius 2 is 1.87 bits per heavy atom. The molecule has 5 unspecified atom stereocenters. The van der Waals surface area contributed by atoms with Gasteiger partial charge in [0.2, 0.25) is 0 Å². The van der Waals surface area contributed by atoms with Crippen molar-refractivity contribution >= 4 is 0 Å². The van der Waals surface area contributed by atoms with Gasteiger partial charge >= 0.3 is 0 Å². The van der Waals surface area contributed by atoms with Crippen molar-refractivity contribution in [1.29, 1.82) is 0 Å². The highest BCUT2D eigenvalue weighted by molar-refractivity contribution is 4.86. The summed E-state index contributed by atoms with van der Waals surface area (Å²) in [6.07, 6.45) is -1.61. The van der Waals surface area contributed by atoms with Gasteiger partial charge in [-0.15, -0.1) is 0 Å². The summed E-state index contributed by atoms with van der Waals surface area (Å²) in [4.78, 5) is 0. The van der Waals surface area contributed by atoms with Crippen LogP contribution in [0.3, 0.4) is 0 Å². The molecule has 90 valence electrons. The Hall–Kier alpha value is -0.160. The first kappa shape index (κ1) is 12.9. The number of hydrogen-bond donors (Lipinski definition) is 2. The number of ether oxygens (including phenoxy) is 2. The Morgan fingerprint density at radius 1 is 1.27 bits per heavy atom. The lowest BCUT2D eigenvalue weighted by Crippen LogP contribution is -2.54. The number of rotatable bonds is 3. The summed E-state index contributed by atoms with van der Waals surface area (Å²) in [5, 5.41) is 19.6. The van der Waals surface area contributed by atoms with Gasteiger partial charge in [-0.2, -0.15) is 0 Å². The third-order valence-corrected chi connectivity index (χ3v) is 2.82. The van der Waals surface area contributed by atoms with E-state index in [1.807, 2.05) is 27.7 Å². The lowest BCUT2D eigenvalue weighted by atomic mass is 9.91. The molecule has 4 nitrogen and oxygen atoms in total. The third kappa shape index (κ3) is 2.91. The minimum atomic E-state index is -0.808. The van der Waals surface area contributed by atoms with Crippen molar-refractivity contribution in [3.8, 4) is 0 Å². The summed E-state index contributed by atoms with van der Waals surface area (Å²) < 4.78 is 11.2. The Kier molecular flexibility index (Phi) is 4.52. The van der Waals surface area contributed by atoms with Crippen molar-refractivity contribution in [2.45, 2.75) is 64.8 Å². The quantitative estimate of drug-likeness (QED) is 0.739. The summed E-state index contributed by atoms with van der Waals surface area (Å²) in [7, 11) is 0. The van der Waals surface area contributed by atoms with Gasteiger partial charge in [0.05, 0.1) is 18.3 Å². The molecule has 0 radical (unpaired) electrons. The molecule has 0 amide bonds. The molecule has 0 spiro atoms. The van der Waals surface area contributed by atoms with Crippen LogP contribution in [0.4, 0.5) is 0 Å². The maximum atomic E-state index is 9.82. The fraction of sp³-hybridized carbons (Fsp3) is 1.00. The van der Waals surface area contributed by atoms with E-state index in [0.717, 1.165) is 0 Å². The predicted octanol–water partition coefficient (Wildman–Crippen LogP) is 0.904. The molecule has 0 aliphatic carbocycles. The average molecular weight is 218 g/mol. The first-order valence-electron chi connectivity index (χ1n) is 5.64. The molecule has 0 aromatic carbocycles. The molecule has 0 aromatic heterocycles. The average Bonchev–Trinajstić information content (AvgIpc) is 2.18. The van der Waals surface area contributed by atoms with Crippen molar-refractivity contribution in [1.82, 2.24) is 0 Å². The van der Waals surface area contributed by atoms with Gasteiger partial charge in [-0.05, 0) is 20.3 Å². The second-order valence-corrected chi connectivity index (χ2v) is 4.48. The molecule has 4 heteroatoms. The molecule has 2 N–H and O–H groups in total. The van der Waals surface area contributed by atoms with E-state index in [4.69, 9.17) is 9.47 Å². The van der Waals surface area contributed by atoms with Crippen LogP contribution in [0.5, 0.6) is 0 Å². The van der Waals surface area contributed by atoms with Crippen LogP contribution in [0.25, 0.3) is 0 Å². The van der Waals surface area contributed by atoms with E-state index in [0.29, 0.717) is 6.42 Å². The second-order valence-electron chi connectivity index (χ2n) is 4.48. The lowest BCUT2D eigenvalue weighted by Gasteiger charge is -2.41. The second kappa shape index (κ2) is 5.25. The zero-order valence-electron chi connectivity index (χ0n) is 9.88. The first-order chi connectivity index (χ1) is 6.97. The molecule has 1 aliphatic rings. The Balaban J connectivity index is 2.65. The zero-order valence-corrected chi connectivity index (χ0v) is 9.88. The molecule has 5 atom stereocenters. The van der Waals surface area contributed by atoms with Crippen LogP contribution < -0.4 is 0 Å². The van der Waals surface area contributed by atoms with Crippen molar-refractivity contribution < 1.29 is 19.7 Å². The van der Waals surface area contributed by atoms with Crippen LogP contribution in [-0.4, -0.2) is 40.9 Å². The van der Waals surface area contributed by atoms with Gasteiger partial charge in [-0.3, -0.25) is 0 Å². The Morgan fingerprint density at radius 3 is 2.33 bits per heavy atom. The summed E-state index contributed by atoms with van der Waals surface area (Å²) in [6, 6.07) is 0. The van der Waals surface area contributed by atoms with E-state index in [-0.39, 0.29) is 18.1 Å². The highest BCUT2D eigenvalue weighted by Gasteiger charge is 2.42. The molecule has 15 heavy (non-hydrogen) atoms. The molecular weight excluding hydrogens is 196 g/mol. The fourth-order valence-corrected chi connectivity index (χ4v) is 1.83. The Bertz CT molecular complexity index is 193. The van der Waals surface area contributed by atoms with Crippen LogP contribution in [0.1, 0.15) is 34.1 Å². The highest BCUT2D eigenvalue weighted by Crippen LogP contribution is 2.28. The van der Waals surface area contributed by atoms with E-state index in [2.05, 4.69) is 0 Å². The number of hydrogen-bond acceptors (Lipinski definition) is 4. The monoisotopic (exact) mass is 218 g/mol. The summed E-state index contributed by atoms with van der Waals surface area (Å²) in [5.74, 6) is -0.204. The molecule has 1 saturated heterocycles. The maximum absolute atomic E-state index is 9.82. The molecular formula is C11H22O4. The van der Waals surface area contributed by atoms with Gasteiger partial charge in [0.25, 0.3) is 0 Å². The van der Waals surface area contributed by atoms with E-state index < -0.39 is 18.5 Å². The molecule has 1 aliphatic heterocycles. The van der Waals surface area contributed by atoms with E-state index in [1.54, 1.807) is 0 Å². The SMILES string of the molecule is CCC1OC(OC(C)C)C(C)C(O)C1O. The summed E-state index contributed by atoms with van der Waals surface area (Å²) in [6.45, 7) is 7.60. The fourth-order valence-electron chi connectivity index (χ4n) is 1.83. The Labute approximate surface area is 91.2 Å². The molecule has 1 heterocycles. The van der Waals surface area contributed by atoms with Crippen molar-refractivity contribution in [3.63, 3.8) is 0 Å². The number of aliphatic hydroxyl groups is 2. The molecule has 1 rings (SSSR count). The summed E-state index contributed by atoms with van der Waals surface area (Å²) in [5.41, 5.74) is 0. The van der Waals surface area contributed by atoms with Gasteiger partial charge in [-0.25, -0.2) is 0 Å². The van der Waals surface area contributed by atoms with E-state index in [9.17, 15) is 10.2 Å². The van der Waals surface area contributed by atoms with Crippen LogP contribution in [0.15, 0.2) is 0 Å². The van der Waals surface area contributed by atoms with Gasteiger partial charge < -0.3 is 19.7 Å². The minimum absolute atomic E-state index is 0.0531. The molecule has 0 saturated carbocycles. The van der Waals surface area contributed by atoms with Gasteiger partial charge in [0, 0.05) is 5.92 Å². The first-order valence-corrected chi connectivity index (χ1v) is 5.64. The summed E-state index contributed by atoms with van der Waals surface area (Å²) >= 11 is 0. The predicted molar refractivity (Wildman–Crippen MR) is 56.4 cm³/mol. The maximum Gasteiger partial charge on any atom is 0.163 e. The van der Waals surface area contributed by atoms with Crippen molar-refractivity contribution in [2.75, 3.05) is 0 Å². The van der Waals surface area contributed by atoms with Crippen LogP contribution in [0, 0.1) is 5.92 Å². The van der Waals surface area contributed by atoms with Crippen LogP contribution in [-0.2, 0) is 9.47 Å². The standard InChI is InChI=1S/C11H22O4/c1-5-8-10(13)9(12)7(4)11(15-8)14-6(2)3/h6-13H,5H2,1-4H3. The van der Waals surface area contributed by atoms with Crippen molar-refractivity contribution in [2.24, 2.45) is 5.92 Å². The van der Waals surface area contributed by atoms with Crippen LogP contribution in [0.2, 0.25) is 0 Å². The minimum Gasteiger partial charge on any atom is -0.390 e. The number of aliphatic hydroxyl groups excluding tert-OH is 2. The van der Waals surface area contributed by atoms with Gasteiger partial charge in [0.15, 0.2) is 6.29 Å². The molecule has 0 aromatic rings. The van der Waals surface area contributed by atoms with Crippen molar-refractivity contribution in [3.05, 3.63) is 0 Å². The van der Waals surface area contributed by atoms with E-state index >= 15 is 0 Å². The normalized spacial score (nSPS) is 42.2. The van der Waals surface area contributed by atoms with Crippen LogP contribution >= 0.6 is 0 Å². The smallest absolute Gasteiger partial charge is 0.163 e. The van der Waals surface area contributed by atoms with Gasteiger partial charge in [0.1, 0.15) is 6.10 Å².